The zero-order valence-corrected chi connectivity index (χ0v) is 14.7. The number of rotatable bonds is 4. The highest BCUT2D eigenvalue weighted by Crippen LogP contribution is 2.30. The Kier molecular flexibility index (Phi) is 4.30. The number of carbonyl (C=O) groups excluding carboxylic acids is 1. The molecule has 5 heteroatoms. The van der Waals surface area contributed by atoms with Crippen LogP contribution >= 0.6 is 0 Å². The van der Waals surface area contributed by atoms with Crippen LogP contribution in [-0.2, 0) is 11.2 Å². The molecule has 5 nitrogen and oxygen atoms in total. The van der Waals surface area contributed by atoms with Crippen LogP contribution in [0.4, 0.5) is 22.9 Å². The van der Waals surface area contributed by atoms with Gasteiger partial charge in [-0.15, -0.1) is 0 Å². The Morgan fingerprint density at radius 2 is 1.88 bits per heavy atom. The number of nitrogens with zero attached hydrogens (tertiary/aromatic N) is 3. The van der Waals surface area contributed by atoms with Crippen molar-refractivity contribution in [2.24, 2.45) is 0 Å². The first-order chi connectivity index (χ1) is 12.2. The molecule has 1 aromatic heterocycles. The molecule has 0 atom stereocenters. The fourth-order valence-electron chi connectivity index (χ4n) is 3.72. The molecule has 25 heavy (non-hydrogen) atoms. The summed E-state index contributed by atoms with van der Waals surface area (Å²) in [7, 11) is 0. The van der Waals surface area contributed by atoms with Gasteiger partial charge in [-0.3, -0.25) is 4.79 Å². The van der Waals surface area contributed by atoms with E-state index in [0.717, 1.165) is 42.3 Å². The van der Waals surface area contributed by atoms with Crippen LogP contribution in [0.2, 0.25) is 0 Å². The molecular weight excluding hydrogens is 312 g/mol. The standard InChI is InChI=1S/C20H24N4O/c1-2-24-18-13-19(21-14-15(18)5-10-20(24)25)22-16-6-8-17(9-7-16)23-11-3-4-12-23/h6-9,13-14H,2-5,10-12H2,1H3,(H,21,22). The summed E-state index contributed by atoms with van der Waals surface area (Å²) in [6.45, 7) is 5.01. The Hall–Kier alpha value is -2.56. The molecule has 4 rings (SSSR count). The van der Waals surface area contributed by atoms with Crippen molar-refractivity contribution < 1.29 is 4.79 Å². The van der Waals surface area contributed by atoms with Crippen molar-refractivity contribution in [1.29, 1.82) is 0 Å². The molecule has 1 fully saturated rings. The molecule has 2 aliphatic rings. The van der Waals surface area contributed by atoms with E-state index >= 15 is 0 Å². The van der Waals surface area contributed by atoms with Gasteiger partial charge in [0, 0.05) is 49.7 Å². The molecule has 0 aliphatic carbocycles. The lowest BCUT2D eigenvalue weighted by Gasteiger charge is -2.28. The third kappa shape index (κ3) is 3.18. The summed E-state index contributed by atoms with van der Waals surface area (Å²) >= 11 is 0. The first-order valence-corrected chi connectivity index (χ1v) is 9.16. The average molecular weight is 336 g/mol. The van der Waals surface area contributed by atoms with Crippen molar-refractivity contribution in [2.45, 2.75) is 32.6 Å². The number of hydrogen-bond donors (Lipinski definition) is 1. The monoisotopic (exact) mass is 336 g/mol. The Morgan fingerprint density at radius 1 is 1.12 bits per heavy atom. The second kappa shape index (κ2) is 6.75. The SMILES string of the molecule is CCN1C(=O)CCc2cnc(Nc3ccc(N4CCCC4)cc3)cc21. The Balaban J connectivity index is 1.53. The van der Waals surface area contributed by atoms with Crippen molar-refractivity contribution in [1.82, 2.24) is 4.98 Å². The smallest absolute Gasteiger partial charge is 0.227 e. The van der Waals surface area contributed by atoms with Gasteiger partial charge in [-0.05, 0) is 56.0 Å². The van der Waals surface area contributed by atoms with Gasteiger partial charge in [0.25, 0.3) is 0 Å². The van der Waals surface area contributed by atoms with E-state index in [-0.39, 0.29) is 5.91 Å². The zero-order chi connectivity index (χ0) is 17.2. The summed E-state index contributed by atoms with van der Waals surface area (Å²) in [5.74, 6) is 0.975. The van der Waals surface area contributed by atoms with E-state index < -0.39 is 0 Å². The average Bonchev–Trinajstić information content (AvgIpc) is 3.17. The maximum absolute atomic E-state index is 12.1. The van der Waals surface area contributed by atoms with Gasteiger partial charge in [-0.2, -0.15) is 0 Å². The third-order valence-electron chi connectivity index (χ3n) is 5.09. The molecular formula is C20H24N4O. The molecule has 1 amide bonds. The summed E-state index contributed by atoms with van der Waals surface area (Å²) in [5, 5.41) is 3.36. The van der Waals surface area contributed by atoms with E-state index in [0.29, 0.717) is 13.0 Å². The van der Waals surface area contributed by atoms with Crippen molar-refractivity contribution in [2.75, 3.05) is 34.8 Å². The van der Waals surface area contributed by atoms with Gasteiger partial charge >= 0.3 is 0 Å². The molecule has 1 N–H and O–H groups in total. The van der Waals surface area contributed by atoms with Crippen LogP contribution in [0.1, 0.15) is 31.7 Å². The highest BCUT2D eigenvalue weighted by molar-refractivity contribution is 5.96. The third-order valence-corrected chi connectivity index (χ3v) is 5.09. The number of aromatic nitrogens is 1. The van der Waals surface area contributed by atoms with Crippen LogP contribution in [0.3, 0.4) is 0 Å². The van der Waals surface area contributed by atoms with Gasteiger partial charge in [0.2, 0.25) is 5.91 Å². The highest BCUT2D eigenvalue weighted by atomic mass is 16.2. The molecule has 1 aromatic carbocycles. The van der Waals surface area contributed by atoms with E-state index in [2.05, 4.69) is 39.5 Å². The minimum atomic E-state index is 0.196. The van der Waals surface area contributed by atoms with Crippen LogP contribution < -0.4 is 15.1 Å². The predicted molar refractivity (Wildman–Crippen MR) is 102 cm³/mol. The topological polar surface area (TPSA) is 48.5 Å². The molecule has 0 bridgehead atoms. The number of pyridine rings is 1. The second-order valence-electron chi connectivity index (χ2n) is 6.70. The number of fused-ring (bicyclic) bond motifs is 1. The molecule has 3 heterocycles. The lowest BCUT2D eigenvalue weighted by atomic mass is 10.0. The summed E-state index contributed by atoms with van der Waals surface area (Å²) in [6, 6.07) is 10.5. The first kappa shape index (κ1) is 15.9. The van der Waals surface area contributed by atoms with Gasteiger partial charge in [0.05, 0.1) is 5.69 Å². The number of aryl methyl sites for hydroxylation is 1. The lowest BCUT2D eigenvalue weighted by Crippen LogP contribution is -2.34. The maximum Gasteiger partial charge on any atom is 0.227 e. The minimum absolute atomic E-state index is 0.196. The minimum Gasteiger partial charge on any atom is -0.372 e. The van der Waals surface area contributed by atoms with Crippen LogP contribution in [0.15, 0.2) is 36.5 Å². The number of anilines is 4. The fraction of sp³-hybridized carbons (Fsp3) is 0.400. The van der Waals surface area contributed by atoms with E-state index in [1.165, 1.54) is 18.5 Å². The van der Waals surface area contributed by atoms with Gasteiger partial charge in [-0.25, -0.2) is 4.98 Å². The largest absolute Gasteiger partial charge is 0.372 e. The molecule has 2 aliphatic heterocycles. The highest BCUT2D eigenvalue weighted by Gasteiger charge is 2.23. The van der Waals surface area contributed by atoms with Crippen molar-refractivity contribution in [3.63, 3.8) is 0 Å². The molecule has 0 spiro atoms. The Bertz CT molecular complexity index is 766. The molecule has 130 valence electrons. The van der Waals surface area contributed by atoms with E-state index in [9.17, 15) is 4.79 Å². The van der Waals surface area contributed by atoms with E-state index in [1.807, 2.05) is 24.1 Å². The van der Waals surface area contributed by atoms with Crippen LogP contribution in [0.5, 0.6) is 0 Å². The number of nitrogens with one attached hydrogen (secondary N) is 1. The Morgan fingerprint density at radius 3 is 2.60 bits per heavy atom. The van der Waals surface area contributed by atoms with E-state index in [1.54, 1.807) is 0 Å². The molecule has 0 unspecified atom stereocenters. The summed E-state index contributed by atoms with van der Waals surface area (Å²) in [5.41, 5.74) is 4.44. The summed E-state index contributed by atoms with van der Waals surface area (Å²) in [6.07, 6.45) is 5.82. The molecule has 0 saturated carbocycles. The van der Waals surface area contributed by atoms with Crippen LogP contribution in [0, 0.1) is 0 Å². The van der Waals surface area contributed by atoms with Crippen LogP contribution in [0.25, 0.3) is 0 Å². The van der Waals surface area contributed by atoms with Gasteiger partial charge in [-0.1, -0.05) is 0 Å². The molecule has 0 radical (unpaired) electrons. The number of benzene rings is 1. The second-order valence-corrected chi connectivity index (χ2v) is 6.70. The molecule has 1 saturated heterocycles. The van der Waals surface area contributed by atoms with E-state index in [4.69, 9.17) is 0 Å². The summed E-state index contributed by atoms with van der Waals surface area (Å²) in [4.78, 5) is 20.9. The maximum atomic E-state index is 12.1. The Labute approximate surface area is 148 Å². The van der Waals surface area contributed by atoms with Gasteiger partial charge < -0.3 is 15.1 Å². The number of hydrogen-bond acceptors (Lipinski definition) is 4. The molecule has 2 aromatic rings. The van der Waals surface area contributed by atoms with Crippen molar-refractivity contribution in [3.05, 3.63) is 42.1 Å². The van der Waals surface area contributed by atoms with Crippen molar-refractivity contribution >= 4 is 28.8 Å². The lowest BCUT2D eigenvalue weighted by molar-refractivity contribution is -0.118. The fourth-order valence-corrected chi connectivity index (χ4v) is 3.72. The normalized spacial score (nSPS) is 16.9. The quantitative estimate of drug-likeness (QED) is 0.924. The van der Waals surface area contributed by atoms with Crippen LogP contribution in [-0.4, -0.2) is 30.5 Å². The first-order valence-electron chi connectivity index (χ1n) is 9.16. The number of amides is 1. The number of carbonyl (C=O) groups is 1. The van der Waals surface area contributed by atoms with Crippen molar-refractivity contribution in [3.8, 4) is 0 Å². The summed E-state index contributed by atoms with van der Waals surface area (Å²) < 4.78 is 0. The van der Waals surface area contributed by atoms with Gasteiger partial charge in [0.1, 0.15) is 5.82 Å². The zero-order valence-electron chi connectivity index (χ0n) is 14.7. The predicted octanol–water partition coefficient (Wildman–Crippen LogP) is 3.72. The van der Waals surface area contributed by atoms with Gasteiger partial charge in [0.15, 0.2) is 0 Å².